The second kappa shape index (κ2) is 2.40. The summed E-state index contributed by atoms with van der Waals surface area (Å²) in [5.74, 6) is 0. The molecule has 0 aliphatic rings. The van der Waals surface area contributed by atoms with E-state index in [1.165, 1.54) is 0 Å². The first kappa shape index (κ1) is 6.62. The number of aromatic nitrogens is 2. The standard InChI is InChI=1S/C6H9ClN2/c1-4(7)6-3-8-9-5(6)2/h3-4H,1-2H3,(H,8,9). The summed E-state index contributed by atoms with van der Waals surface area (Å²) >= 11 is 5.79. The van der Waals surface area contributed by atoms with Crippen molar-refractivity contribution in [2.24, 2.45) is 0 Å². The molecular formula is C6H9ClN2. The van der Waals surface area contributed by atoms with Gasteiger partial charge in [0.15, 0.2) is 0 Å². The van der Waals surface area contributed by atoms with Crippen LogP contribution in [-0.2, 0) is 0 Å². The average molecular weight is 145 g/mol. The minimum atomic E-state index is 0.0590. The molecule has 1 unspecified atom stereocenters. The Balaban J connectivity index is 2.94. The molecule has 9 heavy (non-hydrogen) atoms. The number of aryl methyl sites for hydroxylation is 1. The lowest BCUT2D eigenvalue weighted by molar-refractivity contribution is 1.03. The van der Waals surface area contributed by atoms with E-state index in [0.717, 1.165) is 11.3 Å². The van der Waals surface area contributed by atoms with Gasteiger partial charge in [0.25, 0.3) is 0 Å². The topological polar surface area (TPSA) is 28.7 Å². The predicted molar refractivity (Wildman–Crippen MR) is 37.6 cm³/mol. The van der Waals surface area contributed by atoms with Gasteiger partial charge in [-0.3, -0.25) is 5.10 Å². The number of nitrogens with one attached hydrogen (secondary N) is 1. The molecule has 1 atom stereocenters. The molecular weight excluding hydrogens is 136 g/mol. The molecule has 1 rings (SSSR count). The predicted octanol–water partition coefficient (Wildman–Crippen LogP) is 2.02. The van der Waals surface area contributed by atoms with Gasteiger partial charge >= 0.3 is 0 Å². The second-order valence-corrected chi connectivity index (χ2v) is 2.72. The van der Waals surface area contributed by atoms with E-state index in [1.807, 2.05) is 13.8 Å². The van der Waals surface area contributed by atoms with E-state index in [9.17, 15) is 0 Å². The maximum absolute atomic E-state index is 5.79. The number of alkyl halides is 1. The Morgan fingerprint density at radius 2 is 2.44 bits per heavy atom. The van der Waals surface area contributed by atoms with Gasteiger partial charge in [0.1, 0.15) is 0 Å². The van der Waals surface area contributed by atoms with Gasteiger partial charge in [-0.1, -0.05) is 0 Å². The highest BCUT2D eigenvalue weighted by atomic mass is 35.5. The van der Waals surface area contributed by atoms with E-state index in [-0.39, 0.29) is 5.38 Å². The van der Waals surface area contributed by atoms with Crippen molar-refractivity contribution in [3.8, 4) is 0 Å². The highest BCUT2D eigenvalue weighted by Gasteiger charge is 2.04. The molecule has 50 valence electrons. The van der Waals surface area contributed by atoms with Crippen LogP contribution in [0.2, 0.25) is 0 Å². The van der Waals surface area contributed by atoms with Crippen molar-refractivity contribution in [2.75, 3.05) is 0 Å². The first-order valence-corrected chi connectivity index (χ1v) is 3.29. The summed E-state index contributed by atoms with van der Waals surface area (Å²) in [4.78, 5) is 0. The number of H-pyrrole nitrogens is 1. The van der Waals surface area contributed by atoms with Crippen LogP contribution in [-0.4, -0.2) is 10.2 Å². The van der Waals surface area contributed by atoms with Crippen LogP contribution < -0.4 is 0 Å². The van der Waals surface area contributed by atoms with E-state index in [2.05, 4.69) is 10.2 Å². The largest absolute Gasteiger partial charge is 0.283 e. The number of halogens is 1. The molecule has 1 aromatic heterocycles. The molecule has 0 aliphatic carbocycles. The summed E-state index contributed by atoms with van der Waals surface area (Å²) in [5, 5.41) is 6.71. The molecule has 0 radical (unpaired) electrons. The van der Waals surface area contributed by atoms with Gasteiger partial charge < -0.3 is 0 Å². The molecule has 0 aliphatic heterocycles. The lowest BCUT2D eigenvalue weighted by atomic mass is 10.2. The molecule has 3 heteroatoms. The Hall–Kier alpha value is -0.500. The number of hydrogen-bond donors (Lipinski definition) is 1. The lowest BCUT2D eigenvalue weighted by Crippen LogP contribution is -1.83. The smallest absolute Gasteiger partial charge is 0.0590 e. The third kappa shape index (κ3) is 1.24. The van der Waals surface area contributed by atoms with Crippen molar-refractivity contribution >= 4 is 11.6 Å². The molecule has 0 bridgehead atoms. The summed E-state index contributed by atoms with van der Waals surface area (Å²) in [7, 11) is 0. The van der Waals surface area contributed by atoms with E-state index < -0.39 is 0 Å². The van der Waals surface area contributed by atoms with Crippen molar-refractivity contribution < 1.29 is 0 Å². The Morgan fingerprint density at radius 3 is 2.67 bits per heavy atom. The number of aromatic amines is 1. The quantitative estimate of drug-likeness (QED) is 0.601. The second-order valence-electron chi connectivity index (χ2n) is 2.07. The molecule has 0 saturated carbocycles. The van der Waals surface area contributed by atoms with Gasteiger partial charge in [0.05, 0.1) is 11.6 Å². The fourth-order valence-electron chi connectivity index (χ4n) is 0.761. The molecule has 0 spiro atoms. The number of hydrogen-bond acceptors (Lipinski definition) is 1. The van der Waals surface area contributed by atoms with Crippen molar-refractivity contribution in [2.45, 2.75) is 19.2 Å². The van der Waals surface area contributed by atoms with Crippen LogP contribution in [0.4, 0.5) is 0 Å². The van der Waals surface area contributed by atoms with Crippen molar-refractivity contribution in [1.29, 1.82) is 0 Å². The van der Waals surface area contributed by atoms with Crippen LogP contribution in [0.3, 0.4) is 0 Å². The van der Waals surface area contributed by atoms with Crippen LogP contribution in [0.1, 0.15) is 23.6 Å². The van der Waals surface area contributed by atoms with Gasteiger partial charge in [-0.15, -0.1) is 11.6 Å². The number of nitrogens with zero attached hydrogens (tertiary/aromatic N) is 1. The molecule has 0 saturated heterocycles. The summed E-state index contributed by atoms with van der Waals surface area (Å²) in [5.41, 5.74) is 2.13. The maximum Gasteiger partial charge on any atom is 0.0590 e. The molecule has 0 amide bonds. The van der Waals surface area contributed by atoms with Crippen LogP contribution in [0.25, 0.3) is 0 Å². The zero-order valence-corrected chi connectivity index (χ0v) is 6.24. The van der Waals surface area contributed by atoms with Gasteiger partial charge in [0.2, 0.25) is 0 Å². The molecule has 1 heterocycles. The van der Waals surface area contributed by atoms with Gasteiger partial charge in [-0.05, 0) is 13.8 Å². The minimum absolute atomic E-state index is 0.0590. The summed E-state index contributed by atoms with van der Waals surface area (Å²) < 4.78 is 0. The first-order valence-electron chi connectivity index (χ1n) is 2.85. The van der Waals surface area contributed by atoms with Gasteiger partial charge in [-0.25, -0.2) is 0 Å². The molecule has 2 nitrogen and oxygen atoms in total. The Kier molecular flexibility index (Phi) is 1.76. The summed E-state index contributed by atoms with van der Waals surface area (Å²) in [6, 6.07) is 0. The Morgan fingerprint density at radius 1 is 1.78 bits per heavy atom. The fraction of sp³-hybridized carbons (Fsp3) is 0.500. The SMILES string of the molecule is Cc1[nH]ncc1C(C)Cl. The summed E-state index contributed by atoms with van der Waals surface area (Å²) in [6.07, 6.45) is 1.76. The minimum Gasteiger partial charge on any atom is -0.283 e. The highest BCUT2D eigenvalue weighted by Crippen LogP contribution is 2.20. The van der Waals surface area contributed by atoms with Crippen LogP contribution in [0.5, 0.6) is 0 Å². The van der Waals surface area contributed by atoms with E-state index in [0.29, 0.717) is 0 Å². The Labute approximate surface area is 59.2 Å². The fourth-order valence-corrected chi connectivity index (χ4v) is 0.981. The highest BCUT2D eigenvalue weighted by molar-refractivity contribution is 6.20. The zero-order chi connectivity index (χ0) is 6.85. The van der Waals surface area contributed by atoms with E-state index in [4.69, 9.17) is 11.6 Å². The van der Waals surface area contributed by atoms with Gasteiger partial charge in [0, 0.05) is 11.3 Å². The monoisotopic (exact) mass is 144 g/mol. The third-order valence-electron chi connectivity index (χ3n) is 1.30. The van der Waals surface area contributed by atoms with Crippen LogP contribution >= 0.6 is 11.6 Å². The average Bonchev–Trinajstić information content (AvgIpc) is 2.13. The van der Waals surface area contributed by atoms with Crippen LogP contribution in [0, 0.1) is 6.92 Å². The van der Waals surface area contributed by atoms with Crippen LogP contribution in [0.15, 0.2) is 6.20 Å². The molecule has 1 aromatic rings. The number of rotatable bonds is 1. The summed E-state index contributed by atoms with van der Waals surface area (Å²) in [6.45, 7) is 3.89. The maximum atomic E-state index is 5.79. The van der Waals surface area contributed by atoms with Crippen molar-refractivity contribution in [3.05, 3.63) is 17.5 Å². The van der Waals surface area contributed by atoms with E-state index in [1.54, 1.807) is 6.20 Å². The zero-order valence-electron chi connectivity index (χ0n) is 5.48. The van der Waals surface area contributed by atoms with Crippen molar-refractivity contribution in [1.82, 2.24) is 10.2 Å². The van der Waals surface area contributed by atoms with Gasteiger partial charge in [-0.2, -0.15) is 5.10 Å². The molecule has 0 aromatic carbocycles. The van der Waals surface area contributed by atoms with E-state index >= 15 is 0 Å². The third-order valence-corrected chi connectivity index (χ3v) is 1.53. The normalized spacial score (nSPS) is 13.7. The molecule has 0 fully saturated rings. The lowest BCUT2D eigenvalue weighted by Gasteiger charge is -1.97. The first-order chi connectivity index (χ1) is 4.22. The van der Waals surface area contributed by atoms with Crippen molar-refractivity contribution in [3.63, 3.8) is 0 Å². The Bertz CT molecular complexity index is 193. The molecule has 1 N–H and O–H groups in total.